The summed E-state index contributed by atoms with van der Waals surface area (Å²) in [7, 11) is 0. The zero-order valence-corrected chi connectivity index (χ0v) is 12.1. The summed E-state index contributed by atoms with van der Waals surface area (Å²) in [4.78, 5) is 6.76. The van der Waals surface area contributed by atoms with Crippen LogP contribution in [0.25, 0.3) is 0 Å². The Kier molecular flexibility index (Phi) is 7.08. The molecule has 0 fully saturated rings. The first-order chi connectivity index (χ1) is 9.15. The molecular weight excluding hydrogens is 234 g/mol. The van der Waals surface area contributed by atoms with Crippen LogP contribution in [0.4, 0.5) is 0 Å². The standard InChI is InChI=1S/C16H25N3/c1-5-9-19(10-6-2)13-16-8-7-15(12-18-16)11-17-14(3)4/h5-8,12,14,17H,1-2,9-11,13H2,3-4H3. The Bertz CT molecular complexity index is 371. The average molecular weight is 259 g/mol. The third-order valence-electron chi connectivity index (χ3n) is 2.76. The topological polar surface area (TPSA) is 28.2 Å². The lowest BCUT2D eigenvalue weighted by Crippen LogP contribution is -2.24. The van der Waals surface area contributed by atoms with Crippen molar-refractivity contribution in [1.82, 2.24) is 15.2 Å². The van der Waals surface area contributed by atoms with Crippen molar-refractivity contribution in [2.24, 2.45) is 0 Å². The van der Waals surface area contributed by atoms with Crippen molar-refractivity contribution in [3.63, 3.8) is 0 Å². The van der Waals surface area contributed by atoms with Crippen molar-refractivity contribution < 1.29 is 0 Å². The third-order valence-corrected chi connectivity index (χ3v) is 2.76. The molecule has 0 atom stereocenters. The van der Waals surface area contributed by atoms with Gasteiger partial charge in [-0.05, 0) is 11.6 Å². The first kappa shape index (κ1) is 15.6. The third kappa shape index (κ3) is 6.32. The number of rotatable bonds is 9. The Morgan fingerprint density at radius 3 is 2.42 bits per heavy atom. The minimum absolute atomic E-state index is 0.496. The summed E-state index contributed by atoms with van der Waals surface area (Å²) in [5.41, 5.74) is 2.30. The van der Waals surface area contributed by atoms with Gasteiger partial charge in [0, 0.05) is 38.4 Å². The van der Waals surface area contributed by atoms with Gasteiger partial charge in [0.25, 0.3) is 0 Å². The summed E-state index contributed by atoms with van der Waals surface area (Å²) < 4.78 is 0. The lowest BCUT2D eigenvalue weighted by Gasteiger charge is -2.18. The SMILES string of the molecule is C=CCN(CC=C)Cc1ccc(CNC(C)C)cn1. The molecule has 1 rings (SSSR count). The van der Waals surface area contributed by atoms with E-state index in [0.29, 0.717) is 6.04 Å². The Labute approximate surface area is 117 Å². The molecule has 0 radical (unpaired) electrons. The van der Waals surface area contributed by atoms with Crippen LogP contribution in [-0.4, -0.2) is 29.0 Å². The lowest BCUT2D eigenvalue weighted by atomic mass is 10.2. The van der Waals surface area contributed by atoms with Crippen LogP contribution in [0.1, 0.15) is 25.1 Å². The van der Waals surface area contributed by atoms with Gasteiger partial charge >= 0.3 is 0 Å². The van der Waals surface area contributed by atoms with E-state index in [2.05, 4.69) is 54.3 Å². The van der Waals surface area contributed by atoms with Crippen LogP contribution in [-0.2, 0) is 13.1 Å². The quantitative estimate of drug-likeness (QED) is 0.691. The molecule has 0 spiro atoms. The lowest BCUT2D eigenvalue weighted by molar-refractivity contribution is 0.323. The highest BCUT2D eigenvalue weighted by Gasteiger charge is 2.03. The van der Waals surface area contributed by atoms with Crippen LogP contribution in [0.15, 0.2) is 43.6 Å². The predicted molar refractivity (Wildman–Crippen MR) is 81.9 cm³/mol. The second-order valence-electron chi connectivity index (χ2n) is 4.96. The number of hydrogen-bond donors (Lipinski definition) is 1. The maximum atomic E-state index is 4.51. The van der Waals surface area contributed by atoms with Gasteiger partial charge < -0.3 is 5.32 Å². The van der Waals surface area contributed by atoms with E-state index in [-0.39, 0.29) is 0 Å². The maximum Gasteiger partial charge on any atom is 0.0544 e. The molecule has 0 aliphatic carbocycles. The largest absolute Gasteiger partial charge is 0.310 e. The van der Waals surface area contributed by atoms with Gasteiger partial charge in [-0.1, -0.05) is 32.1 Å². The van der Waals surface area contributed by atoms with E-state index in [0.717, 1.165) is 31.9 Å². The van der Waals surface area contributed by atoms with Gasteiger partial charge in [-0.25, -0.2) is 0 Å². The van der Waals surface area contributed by atoms with E-state index < -0.39 is 0 Å². The van der Waals surface area contributed by atoms with Crippen LogP contribution in [0, 0.1) is 0 Å². The van der Waals surface area contributed by atoms with E-state index >= 15 is 0 Å². The molecule has 104 valence electrons. The molecule has 0 aliphatic heterocycles. The fourth-order valence-corrected chi connectivity index (χ4v) is 1.77. The Morgan fingerprint density at radius 1 is 1.26 bits per heavy atom. The maximum absolute atomic E-state index is 4.51. The second-order valence-corrected chi connectivity index (χ2v) is 4.96. The van der Waals surface area contributed by atoms with E-state index in [4.69, 9.17) is 0 Å². The van der Waals surface area contributed by atoms with Crippen molar-refractivity contribution in [2.75, 3.05) is 13.1 Å². The van der Waals surface area contributed by atoms with Crippen molar-refractivity contribution in [3.8, 4) is 0 Å². The van der Waals surface area contributed by atoms with Crippen molar-refractivity contribution in [3.05, 3.63) is 54.9 Å². The Morgan fingerprint density at radius 2 is 1.95 bits per heavy atom. The number of pyridine rings is 1. The molecule has 0 aromatic carbocycles. The van der Waals surface area contributed by atoms with Crippen LogP contribution in [0.5, 0.6) is 0 Å². The molecule has 1 heterocycles. The first-order valence-electron chi connectivity index (χ1n) is 6.77. The monoisotopic (exact) mass is 259 g/mol. The van der Waals surface area contributed by atoms with Crippen molar-refractivity contribution in [2.45, 2.75) is 33.0 Å². The fourth-order valence-electron chi connectivity index (χ4n) is 1.77. The van der Waals surface area contributed by atoms with Crippen LogP contribution < -0.4 is 5.32 Å². The summed E-state index contributed by atoms with van der Waals surface area (Å²) >= 11 is 0. The van der Waals surface area contributed by atoms with E-state index in [1.807, 2.05) is 18.3 Å². The zero-order valence-electron chi connectivity index (χ0n) is 12.1. The highest BCUT2D eigenvalue weighted by Crippen LogP contribution is 2.04. The molecule has 19 heavy (non-hydrogen) atoms. The molecule has 1 aromatic rings. The summed E-state index contributed by atoms with van der Waals surface area (Å²) in [5.74, 6) is 0. The molecular formula is C16H25N3. The molecule has 0 amide bonds. The summed E-state index contributed by atoms with van der Waals surface area (Å²) in [6, 6.07) is 4.73. The molecule has 1 aromatic heterocycles. The van der Waals surface area contributed by atoms with E-state index in [9.17, 15) is 0 Å². The van der Waals surface area contributed by atoms with Gasteiger partial charge in [-0.2, -0.15) is 0 Å². The average Bonchev–Trinajstić information content (AvgIpc) is 2.38. The number of nitrogens with zero attached hydrogens (tertiary/aromatic N) is 2. The fraction of sp³-hybridized carbons (Fsp3) is 0.438. The van der Waals surface area contributed by atoms with Crippen LogP contribution >= 0.6 is 0 Å². The van der Waals surface area contributed by atoms with E-state index in [1.165, 1.54) is 5.56 Å². The highest BCUT2D eigenvalue weighted by atomic mass is 15.1. The molecule has 0 aliphatic rings. The van der Waals surface area contributed by atoms with Crippen molar-refractivity contribution >= 4 is 0 Å². The molecule has 1 N–H and O–H groups in total. The number of nitrogens with one attached hydrogen (secondary N) is 1. The van der Waals surface area contributed by atoms with Crippen LogP contribution in [0.3, 0.4) is 0 Å². The minimum Gasteiger partial charge on any atom is -0.310 e. The van der Waals surface area contributed by atoms with Gasteiger partial charge in [-0.15, -0.1) is 13.2 Å². The van der Waals surface area contributed by atoms with Crippen molar-refractivity contribution in [1.29, 1.82) is 0 Å². The predicted octanol–water partition coefficient (Wildman–Crippen LogP) is 2.75. The molecule has 3 heteroatoms. The molecule has 0 saturated carbocycles. The van der Waals surface area contributed by atoms with E-state index in [1.54, 1.807) is 0 Å². The van der Waals surface area contributed by atoms with Gasteiger partial charge in [0.1, 0.15) is 0 Å². The zero-order chi connectivity index (χ0) is 14.1. The van der Waals surface area contributed by atoms with Gasteiger partial charge in [0.2, 0.25) is 0 Å². The Hall–Kier alpha value is -1.45. The Balaban J connectivity index is 2.54. The molecule has 0 bridgehead atoms. The summed E-state index contributed by atoms with van der Waals surface area (Å²) in [6.07, 6.45) is 5.76. The van der Waals surface area contributed by atoms with Gasteiger partial charge in [-0.3, -0.25) is 9.88 Å². The summed E-state index contributed by atoms with van der Waals surface area (Å²) in [6.45, 7) is 15.2. The molecule has 0 saturated heterocycles. The highest BCUT2D eigenvalue weighted by molar-refractivity contribution is 5.14. The summed E-state index contributed by atoms with van der Waals surface area (Å²) in [5, 5.41) is 3.39. The number of aromatic nitrogens is 1. The molecule has 0 unspecified atom stereocenters. The molecule has 3 nitrogen and oxygen atoms in total. The number of hydrogen-bond acceptors (Lipinski definition) is 3. The van der Waals surface area contributed by atoms with Crippen LogP contribution in [0.2, 0.25) is 0 Å². The second kappa shape index (κ2) is 8.62. The normalized spacial score (nSPS) is 10.9. The van der Waals surface area contributed by atoms with Gasteiger partial charge in [0.05, 0.1) is 5.69 Å². The minimum atomic E-state index is 0.496. The van der Waals surface area contributed by atoms with Gasteiger partial charge in [0.15, 0.2) is 0 Å². The smallest absolute Gasteiger partial charge is 0.0544 e. The first-order valence-corrected chi connectivity index (χ1v) is 6.77.